The molecule has 0 bridgehead atoms. The van der Waals surface area contributed by atoms with Crippen LogP contribution in [0.25, 0.3) is 0 Å². The molecular weight excluding hydrogens is 220 g/mol. The summed E-state index contributed by atoms with van der Waals surface area (Å²) in [7, 11) is 0. The molecule has 1 aromatic carbocycles. The van der Waals surface area contributed by atoms with Crippen molar-refractivity contribution < 1.29 is 0 Å². The Morgan fingerprint density at radius 3 is 2.67 bits per heavy atom. The summed E-state index contributed by atoms with van der Waals surface area (Å²) >= 11 is 0. The van der Waals surface area contributed by atoms with Crippen molar-refractivity contribution in [3.63, 3.8) is 0 Å². The quantitative estimate of drug-likeness (QED) is 0.893. The van der Waals surface area contributed by atoms with Crippen molar-refractivity contribution in [2.75, 3.05) is 0 Å². The Balaban J connectivity index is 1.79. The molecule has 0 saturated heterocycles. The Labute approximate surface area is 108 Å². The van der Waals surface area contributed by atoms with E-state index in [9.17, 15) is 0 Å². The molecule has 0 fully saturated rings. The van der Waals surface area contributed by atoms with Gasteiger partial charge in [0, 0.05) is 29.8 Å². The third-order valence-electron chi connectivity index (χ3n) is 4.09. The van der Waals surface area contributed by atoms with E-state index in [1.165, 1.54) is 11.1 Å². The van der Waals surface area contributed by atoms with E-state index in [4.69, 9.17) is 5.73 Å². The Morgan fingerprint density at radius 2 is 1.94 bits per heavy atom. The number of fused-ring (bicyclic) bond motifs is 1. The Bertz CT molecular complexity index is 534. The van der Waals surface area contributed by atoms with Gasteiger partial charge < -0.3 is 5.73 Å². The highest BCUT2D eigenvalue weighted by Gasteiger charge is 2.34. The predicted molar refractivity (Wildman–Crippen MR) is 73.5 cm³/mol. The molecule has 2 N–H and O–H groups in total. The number of pyridine rings is 1. The maximum absolute atomic E-state index is 6.43. The molecule has 3 unspecified atom stereocenters. The lowest BCUT2D eigenvalue weighted by atomic mass is 9.70. The van der Waals surface area contributed by atoms with Crippen LogP contribution in [-0.2, 0) is 6.42 Å². The summed E-state index contributed by atoms with van der Waals surface area (Å²) in [5.41, 5.74) is 10.4. The first-order valence-electron chi connectivity index (χ1n) is 6.51. The molecule has 1 aliphatic carbocycles. The minimum absolute atomic E-state index is 0.148. The molecule has 1 aliphatic rings. The molecule has 1 heterocycles. The number of aromatic nitrogens is 1. The molecular formula is C16H18N2. The molecule has 0 spiro atoms. The highest BCUT2D eigenvalue weighted by Crippen LogP contribution is 2.40. The average molecular weight is 238 g/mol. The molecule has 0 aliphatic heterocycles. The van der Waals surface area contributed by atoms with Gasteiger partial charge in [-0.05, 0) is 29.7 Å². The monoisotopic (exact) mass is 238 g/mol. The van der Waals surface area contributed by atoms with Gasteiger partial charge in [-0.1, -0.05) is 37.3 Å². The van der Waals surface area contributed by atoms with Crippen molar-refractivity contribution in [2.45, 2.75) is 31.2 Å². The molecule has 3 rings (SSSR count). The Hall–Kier alpha value is -1.67. The molecule has 0 radical (unpaired) electrons. The third-order valence-corrected chi connectivity index (χ3v) is 4.09. The maximum atomic E-state index is 6.43. The fourth-order valence-corrected chi connectivity index (χ4v) is 2.83. The number of hydrogen-bond acceptors (Lipinski definition) is 2. The lowest BCUT2D eigenvalue weighted by Crippen LogP contribution is -2.39. The lowest BCUT2D eigenvalue weighted by molar-refractivity contribution is 0.426. The Morgan fingerprint density at radius 1 is 1.17 bits per heavy atom. The Kier molecular flexibility index (Phi) is 2.88. The number of nitrogens with zero attached hydrogens (tertiary/aromatic N) is 1. The van der Waals surface area contributed by atoms with E-state index >= 15 is 0 Å². The zero-order chi connectivity index (χ0) is 12.5. The first-order valence-corrected chi connectivity index (χ1v) is 6.51. The molecule has 18 heavy (non-hydrogen) atoms. The first kappa shape index (κ1) is 11.4. The molecule has 3 atom stereocenters. The third kappa shape index (κ3) is 1.83. The van der Waals surface area contributed by atoms with Gasteiger partial charge in [-0.25, -0.2) is 0 Å². The second kappa shape index (κ2) is 4.54. The first-order chi connectivity index (χ1) is 8.77. The summed E-state index contributed by atoms with van der Waals surface area (Å²) < 4.78 is 0. The minimum Gasteiger partial charge on any atom is -0.327 e. The number of rotatable bonds is 3. The van der Waals surface area contributed by atoms with Crippen LogP contribution in [0.1, 0.15) is 35.6 Å². The average Bonchev–Trinajstić information content (AvgIpc) is 2.40. The van der Waals surface area contributed by atoms with Gasteiger partial charge in [0.2, 0.25) is 0 Å². The zero-order valence-corrected chi connectivity index (χ0v) is 10.6. The zero-order valence-electron chi connectivity index (χ0n) is 10.6. The van der Waals surface area contributed by atoms with Crippen molar-refractivity contribution in [3.05, 3.63) is 65.5 Å². The number of nitrogens with two attached hydrogens (primary N) is 1. The van der Waals surface area contributed by atoms with Crippen LogP contribution in [0.2, 0.25) is 0 Å². The highest BCUT2D eigenvalue weighted by molar-refractivity contribution is 5.41. The molecule has 1 aromatic heterocycles. The van der Waals surface area contributed by atoms with Gasteiger partial charge in [-0.2, -0.15) is 0 Å². The molecule has 92 valence electrons. The van der Waals surface area contributed by atoms with E-state index in [-0.39, 0.29) is 6.04 Å². The second-order valence-corrected chi connectivity index (χ2v) is 5.13. The molecule has 0 amide bonds. The SMILES string of the molecule is CC(c1ccccn1)C(N)C1Cc2ccccc21. The largest absolute Gasteiger partial charge is 0.327 e. The van der Waals surface area contributed by atoms with E-state index in [0.717, 1.165) is 12.1 Å². The van der Waals surface area contributed by atoms with Gasteiger partial charge in [-0.3, -0.25) is 4.98 Å². The summed E-state index contributed by atoms with van der Waals surface area (Å²) in [6.07, 6.45) is 2.95. The van der Waals surface area contributed by atoms with Gasteiger partial charge in [0.15, 0.2) is 0 Å². The van der Waals surface area contributed by atoms with Crippen LogP contribution in [0.3, 0.4) is 0 Å². The fraction of sp³-hybridized carbons (Fsp3) is 0.312. The van der Waals surface area contributed by atoms with Crippen molar-refractivity contribution >= 4 is 0 Å². The maximum Gasteiger partial charge on any atom is 0.0447 e. The molecule has 2 aromatic rings. The lowest BCUT2D eigenvalue weighted by Gasteiger charge is -2.37. The van der Waals surface area contributed by atoms with Gasteiger partial charge in [0.25, 0.3) is 0 Å². The summed E-state index contributed by atoms with van der Waals surface area (Å²) in [6, 6.07) is 14.8. The smallest absolute Gasteiger partial charge is 0.0447 e. The van der Waals surface area contributed by atoms with E-state index in [0.29, 0.717) is 11.8 Å². The van der Waals surface area contributed by atoms with Crippen LogP contribution in [0.5, 0.6) is 0 Å². The van der Waals surface area contributed by atoms with E-state index in [1.807, 2.05) is 18.3 Å². The van der Waals surface area contributed by atoms with Crippen molar-refractivity contribution in [1.82, 2.24) is 4.98 Å². The summed E-state index contributed by atoms with van der Waals surface area (Å²) in [5.74, 6) is 0.780. The highest BCUT2D eigenvalue weighted by atomic mass is 14.7. The van der Waals surface area contributed by atoms with E-state index in [2.05, 4.69) is 42.2 Å². The number of hydrogen-bond donors (Lipinski definition) is 1. The van der Waals surface area contributed by atoms with E-state index in [1.54, 1.807) is 0 Å². The van der Waals surface area contributed by atoms with Crippen LogP contribution < -0.4 is 5.73 Å². The van der Waals surface area contributed by atoms with Crippen LogP contribution in [0.15, 0.2) is 48.7 Å². The van der Waals surface area contributed by atoms with Crippen LogP contribution in [-0.4, -0.2) is 11.0 Å². The van der Waals surface area contributed by atoms with Crippen LogP contribution >= 0.6 is 0 Å². The van der Waals surface area contributed by atoms with Gasteiger partial charge >= 0.3 is 0 Å². The van der Waals surface area contributed by atoms with Crippen LogP contribution in [0.4, 0.5) is 0 Å². The van der Waals surface area contributed by atoms with Gasteiger partial charge in [0.1, 0.15) is 0 Å². The standard InChI is InChI=1S/C16H18N2/c1-11(15-8-4-5-9-18-15)16(17)14-10-12-6-2-3-7-13(12)14/h2-9,11,14,16H,10,17H2,1H3. The normalized spacial score (nSPS) is 20.7. The topological polar surface area (TPSA) is 38.9 Å². The summed E-state index contributed by atoms with van der Waals surface area (Å²) in [5, 5.41) is 0. The van der Waals surface area contributed by atoms with Crippen molar-refractivity contribution in [3.8, 4) is 0 Å². The van der Waals surface area contributed by atoms with Gasteiger partial charge in [0.05, 0.1) is 0 Å². The second-order valence-electron chi connectivity index (χ2n) is 5.13. The minimum atomic E-state index is 0.148. The molecule has 2 nitrogen and oxygen atoms in total. The van der Waals surface area contributed by atoms with E-state index < -0.39 is 0 Å². The van der Waals surface area contributed by atoms with Crippen LogP contribution in [0, 0.1) is 0 Å². The van der Waals surface area contributed by atoms with Gasteiger partial charge in [-0.15, -0.1) is 0 Å². The van der Waals surface area contributed by atoms with Crippen molar-refractivity contribution in [1.29, 1.82) is 0 Å². The fourth-order valence-electron chi connectivity index (χ4n) is 2.83. The summed E-state index contributed by atoms with van der Waals surface area (Å²) in [4.78, 5) is 4.42. The molecule has 2 heteroatoms. The van der Waals surface area contributed by atoms with Crippen molar-refractivity contribution in [2.24, 2.45) is 5.73 Å². The summed E-state index contributed by atoms with van der Waals surface area (Å²) in [6.45, 7) is 2.17. The predicted octanol–water partition coefficient (Wildman–Crippen LogP) is 2.85. The number of benzene rings is 1. The molecule has 0 saturated carbocycles.